The molecular weight excluding hydrogens is 172 g/mol. The Morgan fingerprint density at radius 1 is 1.67 bits per heavy atom. The molecule has 1 aliphatic rings. The summed E-state index contributed by atoms with van der Waals surface area (Å²) in [6.45, 7) is 2.63. The monoisotopic (exact) mass is 188 g/mol. The lowest BCUT2D eigenvalue weighted by Crippen LogP contribution is -2.11. The summed E-state index contributed by atoms with van der Waals surface area (Å²) in [6.07, 6.45) is 6.74. The lowest BCUT2D eigenvalue weighted by Gasteiger charge is -2.06. The normalized spacial score (nSPS) is 29.8. The van der Waals surface area contributed by atoms with Gasteiger partial charge in [0.1, 0.15) is 0 Å². The first-order valence-electron chi connectivity index (χ1n) is 4.44. The van der Waals surface area contributed by atoms with E-state index in [1.54, 1.807) is 6.26 Å². The van der Waals surface area contributed by atoms with Crippen LogP contribution < -0.4 is 0 Å². The molecule has 0 aromatic rings. The number of hydrogen-bond donors (Lipinski definition) is 0. The van der Waals surface area contributed by atoms with Gasteiger partial charge < -0.3 is 4.74 Å². The molecule has 1 rings (SSSR count). The second-order valence-electron chi connectivity index (χ2n) is 2.98. The zero-order valence-electron chi connectivity index (χ0n) is 7.49. The van der Waals surface area contributed by atoms with Gasteiger partial charge in [0.25, 0.3) is 0 Å². The maximum absolute atomic E-state index is 11.3. The van der Waals surface area contributed by atoms with Crippen molar-refractivity contribution in [3.63, 3.8) is 0 Å². The third-order valence-corrected chi connectivity index (χ3v) is 3.94. The average molecular weight is 188 g/mol. The van der Waals surface area contributed by atoms with E-state index in [2.05, 4.69) is 0 Å². The molecule has 0 aromatic heterocycles. The highest BCUT2D eigenvalue weighted by Gasteiger charge is 2.22. The summed E-state index contributed by atoms with van der Waals surface area (Å²) in [5, 5.41) is 0.398. The van der Waals surface area contributed by atoms with Crippen molar-refractivity contribution in [1.82, 2.24) is 0 Å². The smallest absolute Gasteiger partial charge is 0.0884 e. The van der Waals surface area contributed by atoms with E-state index in [1.807, 2.05) is 13.0 Å². The lowest BCUT2D eigenvalue weighted by atomic mass is 10.2. The predicted octanol–water partition coefficient (Wildman–Crippen LogP) is 1.84. The number of rotatable bonds is 4. The highest BCUT2D eigenvalue weighted by Crippen LogP contribution is 2.18. The van der Waals surface area contributed by atoms with Crippen molar-refractivity contribution in [1.29, 1.82) is 0 Å². The van der Waals surface area contributed by atoms with Gasteiger partial charge in [-0.3, -0.25) is 4.21 Å². The van der Waals surface area contributed by atoms with Crippen molar-refractivity contribution in [3.8, 4) is 0 Å². The molecule has 70 valence electrons. The molecular formula is C9H16O2S. The van der Waals surface area contributed by atoms with Gasteiger partial charge >= 0.3 is 0 Å². The van der Waals surface area contributed by atoms with Crippen molar-refractivity contribution in [2.24, 2.45) is 0 Å². The van der Waals surface area contributed by atoms with Crippen LogP contribution in [0.1, 0.15) is 26.2 Å². The van der Waals surface area contributed by atoms with Gasteiger partial charge in [-0.2, -0.15) is 0 Å². The predicted molar refractivity (Wildman–Crippen MR) is 51.4 cm³/mol. The second kappa shape index (κ2) is 5.36. The average Bonchev–Trinajstić information content (AvgIpc) is 2.46. The second-order valence-corrected chi connectivity index (χ2v) is 4.81. The van der Waals surface area contributed by atoms with E-state index in [-0.39, 0.29) is 0 Å². The summed E-state index contributed by atoms with van der Waals surface area (Å²) < 4.78 is 16.5. The third-order valence-electron chi connectivity index (χ3n) is 2.03. The summed E-state index contributed by atoms with van der Waals surface area (Å²) in [5.41, 5.74) is 0. The Hall–Kier alpha value is -0.310. The minimum absolute atomic E-state index is 0.398. The van der Waals surface area contributed by atoms with Gasteiger partial charge in [-0.05, 0) is 26.2 Å². The standard InChI is InChI=1S/C9H16O2S/c1-2-6-11-7-5-9-4-3-8-12(9)10/h2,6,9H,3-5,7-8H2,1H3/b6-2+. The summed E-state index contributed by atoms with van der Waals surface area (Å²) in [6, 6.07) is 0. The molecule has 1 heterocycles. The van der Waals surface area contributed by atoms with Crippen molar-refractivity contribution >= 4 is 10.8 Å². The quantitative estimate of drug-likeness (QED) is 0.497. The molecule has 0 amide bonds. The molecule has 0 saturated carbocycles. The van der Waals surface area contributed by atoms with Gasteiger partial charge in [0.15, 0.2) is 0 Å². The minimum atomic E-state index is -0.570. The summed E-state index contributed by atoms with van der Waals surface area (Å²) in [4.78, 5) is 0. The molecule has 0 aromatic carbocycles. The van der Waals surface area contributed by atoms with Crippen LogP contribution in [0.3, 0.4) is 0 Å². The Balaban J connectivity index is 2.10. The van der Waals surface area contributed by atoms with Crippen LogP contribution in [0.5, 0.6) is 0 Å². The molecule has 0 aliphatic carbocycles. The van der Waals surface area contributed by atoms with Crippen LogP contribution in [0.25, 0.3) is 0 Å². The fourth-order valence-corrected chi connectivity index (χ4v) is 2.96. The zero-order valence-corrected chi connectivity index (χ0v) is 8.31. The number of allylic oxidation sites excluding steroid dienone is 1. The van der Waals surface area contributed by atoms with Crippen molar-refractivity contribution in [2.45, 2.75) is 31.4 Å². The van der Waals surface area contributed by atoms with Crippen LogP contribution in [0.2, 0.25) is 0 Å². The Labute approximate surface area is 76.5 Å². The third kappa shape index (κ3) is 2.97. The van der Waals surface area contributed by atoms with Gasteiger partial charge in [0, 0.05) is 21.8 Å². The molecule has 0 bridgehead atoms. The first kappa shape index (κ1) is 9.78. The minimum Gasteiger partial charge on any atom is -0.501 e. The van der Waals surface area contributed by atoms with E-state index in [0.29, 0.717) is 11.9 Å². The first-order chi connectivity index (χ1) is 5.84. The number of hydrogen-bond acceptors (Lipinski definition) is 2. The zero-order chi connectivity index (χ0) is 8.81. The molecule has 1 saturated heterocycles. The van der Waals surface area contributed by atoms with E-state index in [1.165, 1.54) is 0 Å². The first-order valence-corrected chi connectivity index (χ1v) is 5.82. The van der Waals surface area contributed by atoms with E-state index in [9.17, 15) is 4.21 Å². The maximum Gasteiger partial charge on any atom is 0.0884 e. The molecule has 0 radical (unpaired) electrons. The summed E-state index contributed by atoms with van der Waals surface area (Å²) >= 11 is 0. The molecule has 0 spiro atoms. The van der Waals surface area contributed by atoms with Gasteiger partial charge in [0.05, 0.1) is 12.9 Å². The van der Waals surface area contributed by atoms with Crippen LogP contribution in [-0.4, -0.2) is 21.8 Å². The largest absolute Gasteiger partial charge is 0.501 e. The van der Waals surface area contributed by atoms with Crippen LogP contribution in [-0.2, 0) is 15.5 Å². The van der Waals surface area contributed by atoms with Gasteiger partial charge in [-0.15, -0.1) is 0 Å². The maximum atomic E-state index is 11.3. The summed E-state index contributed by atoms with van der Waals surface area (Å²) in [5.74, 6) is 0.897. The van der Waals surface area contributed by atoms with Crippen molar-refractivity contribution in [2.75, 3.05) is 12.4 Å². The van der Waals surface area contributed by atoms with Gasteiger partial charge in [0.2, 0.25) is 0 Å². The molecule has 1 fully saturated rings. The fourth-order valence-electron chi connectivity index (χ4n) is 1.39. The van der Waals surface area contributed by atoms with E-state index >= 15 is 0 Å². The molecule has 2 unspecified atom stereocenters. The Kier molecular flexibility index (Phi) is 4.36. The molecule has 2 atom stereocenters. The van der Waals surface area contributed by atoms with Crippen LogP contribution in [0.4, 0.5) is 0 Å². The van der Waals surface area contributed by atoms with Crippen molar-refractivity contribution in [3.05, 3.63) is 12.3 Å². The fraction of sp³-hybridized carbons (Fsp3) is 0.778. The van der Waals surface area contributed by atoms with Gasteiger partial charge in [-0.1, -0.05) is 6.08 Å². The lowest BCUT2D eigenvalue weighted by molar-refractivity contribution is 0.242. The van der Waals surface area contributed by atoms with Gasteiger partial charge in [-0.25, -0.2) is 0 Å². The molecule has 0 N–H and O–H groups in total. The summed E-state index contributed by atoms with van der Waals surface area (Å²) in [7, 11) is -0.570. The molecule has 3 heteroatoms. The highest BCUT2D eigenvalue weighted by atomic mass is 32.2. The SMILES string of the molecule is C/C=C/OCCC1CCCS1=O. The molecule has 2 nitrogen and oxygen atoms in total. The Morgan fingerprint density at radius 3 is 3.08 bits per heavy atom. The van der Waals surface area contributed by atoms with E-state index in [0.717, 1.165) is 25.0 Å². The number of ether oxygens (including phenoxy) is 1. The molecule has 1 aliphatic heterocycles. The Bertz CT molecular complexity index is 177. The van der Waals surface area contributed by atoms with Crippen LogP contribution in [0.15, 0.2) is 12.3 Å². The van der Waals surface area contributed by atoms with E-state index in [4.69, 9.17) is 4.74 Å². The van der Waals surface area contributed by atoms with E-state index < -0.39 is 10.8 Å². The van der Waals surface area contributed by atoms with Crippen LogP contribution >= 0.6 is 0 Å². The Morgan fingerprint density at radius 2 is 2.50 bits per heavy atom. The molecule has 12 heavy (non-hydrogen) atoms. The van der Waals surface area contributed by atoms with Crippen molar-refractivity contribution < 1.29 is 8.95 Å². The topological polar surface area (TPSA) is 26.3 Å². The van der Waals surface area contributed by atoms with Crippen LogP contribution in [0, 0.1) is 0 Å². The highest BCUT2D eigenvalue weighted by molar-refractivity contribution is 7.85.